The summed E-state index contributed by atoms with van der Waals surface area (Å²) in [6.45, 7) is 0. The monoisotopic (exact) mass is 447 g/mol. The zero-order chi connectivity index (χ0) is 23.7. The molecule has 166 valence electrons. The van der Waals surface area contributed by atoms with Crippen molar-refractivity contribution in [1.29, 1.82) is 0 Å². The maximum Gasteiger partial charge on any atom is 0.158 e. The maximum atomic E-state index is 9.86. The van der Waals surface area contributed by atoms with Crippen molar-refractivity contribution in [2.45, 2.75) is 0 Å². The Kier molecular flexibility index (Phi) is 5.36. The molecule has 0 unspecified atom stereocenters. The Hall–Kier alpha value is -4.77. The van der Waals surface area contributed by atoms with Gasteiger partial charge in [0.25, 0.3) is 0 Å². The molecule has 1 heterocycles. The maximum absolute atomic E-state index is 9.86. The van der Waals surface area contributed by atoms with Gasteiger partial charge in [-0.3, -0.25) is 4.98 Å². The largest absolute Gasteiger partial charge is 0.504 e. The number of hydrogen-bond acceptors (Lipinski definition) is 5. The van der Waals surface area contributed by atoms with Crippen LogP contribution in [-0.4, -0.2) is 25.4 Å². The van der Waals surface area contributed by atoms with Gasteiger partial charge in [0.05, 0.1) is 0 Å². The Morgan fingerprint density at radius 1 is 0.353 bits per heavy atom. The zero-order valence-electron chi connectivity index (χ0n) is 18.1. The summed E-state index contributed by atoms with van der Waals surface area (Å²) in [5.74, 6) is -0.620. The summed E-state index contributed by atoms with van der Waals surface area (Å²) in [4.78, 5) is 4.45. The summed E-state index contributed by atoms with van der Waals surface area (Å²) in [6, 6.07) is 27.4. The highest BCUT2D eigenvalue weighted by atomic mass is 16.3. The van der Waals surface area contributed by atoms with E-state index in [9.17, 15) is 20.4 Å². The Labute approximate surface area is 196 Å². The van der Waals surface area contributed by atoms with Gasteiger partial charge in [0, 0.05) is 23.5 Å². The summed E-state index contributed by atoms with van der Waals surface area (Å²) in [5, 5.41) is 38.9. The van der Waals surface area contributed by atoms with Gasteiger partial charge in [-0.2, -0.15) is 0 Å². The van der Waals surface area contributed by atoms with Crippen LogP contribution in [0.15, 0.2) is 103 Å². The van der Waals surface area contributed by atoms with E-state index in [2.05, 4.69) is 11.1 Å². The first kappa shape index (κ1) is 21.1. The molecular weight excluding hydrogens is 426 g/mol. The van der Waals surface area contributed by atoms with E-state index in [0.717, 1.165) is 44.5 Å². The molecule has 5 nitrogen and oxygen atoms in total. The van der Waals surface area contributed by atoms with Gasteiger partial charge in [-0.05, 0) is 75.8 Å². The van der Waals surface area contributed by atoms with Gasteiger partial charge >= 0.3 is 0 Å². The number of phenols is 4. The van der Waals surface area contributed by atoms with Crippen molar-refractivity contribution < 1.29 is 20.4 Å². The van der Waals surface area contributed by atoms with Crippen LogP contribution in [0.5, 0.6) is 23.0 Å². The van der Waals surface area contributed by atoms with E-state index in [1.165, 1.54) is 24.3 Å². The van der Waals surface area contributed by atoms with E-state index in [0.29, 0.717) is 0 Å². The molecule has 0 amide bonds. The van der Waals surface area contributed by atoms with Crippen LogP contribution in [-0.2, 0) is 0 Å². The van der Waals surface area contributed by atoms with Crippen molar-refractivity contribution in [2.24, 2.45) is 0 Å². The molecule has 0 aliphatic rings. The minimum atomic E-state index is -0.159. The van der Waals surface area contributed by atoms with E-state index >= 15 is 0 Å². The fourth-order valence-corrected chi connectivity index (χ4v) is 3.92. The topological polar surface area (TPSA) is 93.8 Å². The Morgan fingerprint density at radius 3 is 1.12 bits per heavy atom. The van der Waals surface area contributed by atoms with Crippen molar-refractivity contribution in [3.05, 3.63) is 103 Å². The molecule has 0 aliphatic carbocycles. The van der Waals surface area contributed by atoms with Crippen LogP contribution in [0.4, 0.5) is 0 Å². The Morgan fingerprint density at radius 2 is 0.706 bits per heavy atom. The van der Waals surface area contributed by atoms with E-state index in [1.807, 2.05) is 48.5 Å². The highest BCUT2D eigenvalue weighted by Crippen LogP contribution is 2.35. The second kappa shape index (κ2) is 8.64. The SMILES string of the molecule is Oc1ccc(-c2cccc(-c3cncc(-c4cccc(-c5ccc(O)c(O)c5)c4)c3)c2)cc1O. The van der Waals surface area contributed by atoms with Crippen molar-refractivity contribution >= 4 is 0 Å². The number of benzene rings is 4. The second-order valence-corrected chi connectivity index (χ2v) is 8.03. The summed E-state index contributed by atoms with van der Waals surface area (Å²) in [6.07, 6.45) is 3.61. The second-order valence-electron chi connectivity index (χ2n) is 8.03. The van der Waals surface area contributed by atoms with E-state index in [4.69, 9.17) is 0 Å². The Bertz CT molecular complexity index is 1400. The highest BCUT2D eigenvalue weighted by Gasteiger charge is 2.09. The lowest BCUT2D eigenvalue weighted by Gasteiger charge is -2.10. The zero-order valence-corrected chi connectivity index (χ0v) is 18.1. The van der Waals surface area contributed by atoms with Crippen LogP contribution in [0.2, 0.25) is 0 Å². The molecule has 4 aromatic carbocycles. The number of phenolic OH excluding ortho intramolecular Hbond substituents is 4. The predicted octanol–water partition coefficient (Wildman–Crippen LogP) is 6.57. The van der Waals surface area contributed by atoms with Crippen LogP contribution >= 0.6 is 0 Å². The van der Waals surface area contributed by atoms with Gasteiger partial charge in [0.2, 0.25) is 0 Å². The molecule has 0 aliphatic heterocycles. The van der Waals surface area contributed by atoms with Crippen LogP contribution < -0.4 is 0 Å². The van der Waals surface area contributed by atoms with E-state index in [1.54, 1.807) is 24.5 Å². The number of aromatic hydroxyl groups is 4. The lowest BCUT2D eigenvalue weighted by Crippen LogP contribution is -1.86. The molecule has 0 bridgehead atoms. The van der Waals surface area contributed by atoms with Crippen molar-refractivity contribution in [1.82, 2.24) is 4.98 Å². The standard InChI is InChI=1S/C29H21NO4/c31-26-9-7-22(14-28(26)33)18-3-1-5-20(11-18)24-13-25(17-30-16-24)21-6-2-4-19(12-21)23-8-10-27(32)29(34)15-23/h1-17,31-34H. The van der Waals surface area contributed by atoms with Crippen LogP contribution in [0.25, 0.3) is 44.5 Å². The smallest absolute Gasteiger partial charge is 0.158 e. The van der Waals surface area contributed by atoms with Gasteiger partial charge < -0.3 is 20.4 Å². The number of rotatable bonds is 4. The molecule has 34 heavy (non-hydrogen) atoms. The van der Waals surface area contributed by atoms with Crippen molar-refractivity contribution in [3.63, 3.8) is 0 Å². The van der Waals surface area contributed by atoms with Crippen LogP contribution in [0.1, 0.15) is 0 Å². The molecule has 0 radical (unpaired) electrons. The quantitative estimate of drug-likeness (QED) is 0.234. The van der Waals surface area contributed by atoms with Crippen LogP contribution in [0, 0.1) is 0 Å². The molecule has 1 aromatic heterocycles. The lowest BCUT2D eigenvalue weighted by atomic mass is 9.96. The Balaban J connectivity index is 1.50. The summed E-state index contributed by atoms with van der Waals surface area (Å²) in [7, 11) is 0. The molecule has 5 aromatic rings. The van der Waals surface area contributed by atoms with Crippen molar-refractivity contribution in [2.75, 3.05) is 0 Å². The fraction of sp³-hybridized carbons (Fsp3) is 0. The summed E-state index contributed by atoms with van der Waals surface area (Å²) in [5.41, 5.74) is 7.24. The van der Waals surface area contributed by atoms with E-state index < -0.39 is 0 Å². The molecule has 5 rings (SSSR count). The molecular formula is C29H21NO4. The minimum absolute atomic E-state index is 0.151. The summed E-state index contributed by atoms with van der Waals surface area (Å²) < 4.78 is 0. The van der Waals surface area contributed by atoms with Gasteiger partial charge in [0.15, 0.2) is 23.0 Å². The molecule has 0 atom stereocenters. The fourth-order valence-electron chi connectivity index (χ4n) is 3.92. The van der Waals surface area contributed by atoms with Crippen molar-refractivity contribution in [3.8, 4) is 67.5 Å². The number of pyridine rings is 1. The van der Waals surface area contributed by atoms with Gasteiger partial charge in [-0.15, -0.1) is 0 Å². The number of hydrogen-bond donors (Lipinski definition) is 4. The molecule has 4 N–H and O–H groups in total. The normalized spacial score (nSPS) is 10.8. The first-order valence-corrected chi connectivity index (χ1v) is 10.7. The van der Waals surface area contributed by atoms with E-state index in [-0.39, 0.29) is 23.0 Å². The average molecular weight is 447 g/mol. The third-order valence-electron chi connectivity index (χ3n) is 5.75. The molecule has 0 saturated carbocycles. The first-order valence-electron chi connectivity index (χ1n) is 10.7. The van der Waals surface area contributed by atoms with Gasteiger partial charge in [-0.25, -0.2) is 0 Å². The van der Waals surface area contributed by atoms with Gasteiger partial charge in [0.1, 0.15) is 0 Å². The van der Waals surface area contributed by atoms with Gasteiger partial charge in [-0.1, -0.05) is 48.5 Å². The van der Waals surface area contributed by atoms with Crippen LogP contribution in [0.3, 0.4) is 0 Å². The lowest BCUT2D eigenvalue weighted by molar-refractivity contribution is 0.404. The number of nitrogens with zero attached hydrogens (tertiary/aromatic N) is 1. The minimum Gasteiger partial charge on any atom is -0.504 e. The molecule has 5 heteroatoms. The summed E-state index contributed by atoms with van der Waals surface area (Å²) >= 11 is 0. The third-order valence-corrected chi connectivity index (χ3v) is 5.75. The third kappa shape index (κ3) is 4.14. The first-order chi connectivity index (χ1) is 16.5. The predicted molar refractivity (Wildman–Crippen MR) is 133 cm³/mol. The number of aromatic nitrogens is 1. The molecule has 0 saturated heterocycles. The average Bonchev–Trinajstić information content (AvgIpc) is 2.87. The molecule has 0 fully saturated rings. The molecule has 0 spiro atoms. The highest BCUT2D eigenvalue weighted by molar-refractivity contribution is 5.79.